The van der Waals surface area contributed by atoms with Crippen LogP contribution in [0.25, 0.3) is 11.1 Å². The topological polar surface area (TPSA) is 94.1 Å². The SMILES string of the molecule is CCOCC(OCc1ccc(C(=O)NC(CCSC)C(=O)O)c(-c2ccccc2C)c1)c1ccc2c(c1)CCO2. The summed E-state index contributed by atoms with van der Waals surface area (Å²) >= 11 is 1.55. The first kappa shape index (κ1) is 29.6. The van der Waals surface area contributed by atoms with Crippen molar-refractivity contribution in [2.75, 3.05) is 31.8 Å². The summed E-state index contributed by atoms with van der Waals surface area (Å²) in [4.78, 5) is 25.1. The molecule has 1 heterocycles. The maximum atomic E-state index is 13.4. The first-order valence-electron chi connectivity index (χ1n) is 13.6. The third kappa shape index (κ3) is 7.44. The molecule has 2 N–H and O–H groups in total. The number of carboxylic acids is 1. The summed E-state index contributed by atoms with van der Waals surface area (Å²) in [6.07, 6.45) is 2.89. The van der Waals surface area contributed by atoms with Crippen molar-refractivity contribution in [3.63, 3.8) is 0 Å². The number of hydrogen-bond acceptors (Lipinski definition) is 6. The molecule has 1 aliphatic heterocycles. The van der Waals surface area contributed by atoms with Gasteiger partial charge in [-0.3, -0.25) is 4.79 Å². The van der Waals surface area contributed by atoms with Gasteiger partial charge in [0.05, 0.1) is 19.8 Å². The Labute approximate surface area is 240 Å². The van der Waals surface area contributed by atoms with Crippen LogP contribution in [0.1, 0.15) is 52.1 Å². The van der Waals surface area contributed by atoms with Crippen LogP contribution in [0, 0.1) is 6.92 Å². The zero-order chi connectivity index (χ0) is 28.5. The van der Waals surface area contributed by atoms with Gasteiger partial charge in [-0.25, -0.2) is 4.79 Å². The fourth-order valence-corrected chi connectivity index (χ4v) is 5.25. The number of nitrogens with one attached hydrogen (secondary N) is 1. The number of benzene rings is 3. The summed E-state index contributed by atoms with van der Waals surface area (Å²) in [7, 11) is 0. The highest BCUT2D eigenvalue weighted by Crippen LogP contribution is 2.32. The lowest BCUT2D eigenvalue weighted by Gasteiger charge is -2.20. The molecule has 2 atom stereocenters. The average molecular weight is 564 g/mol. The second kappa shape index (κ2) is 14.3. The standard InChI is InChI=1S/C32H37NO6S/c1-4-37-20-30(23-10-12-29-24(18-23)13-15-38-29)39-19-22-9-11-26(27(17-22)25-8-6-5-7-21(25)2)31(34)33-28(32(35)36)14-16-40-3/h5-12,17-18,28,30H,4,13-16,19-20H2,1-3H3,(H,33,34)(H,35,36). The van der Waals surface area contributed by atoms with Crippen molar-refractivity contribution in [1.29, 1.82) is 0 Å². The highest BCUT2D eigenvalue weighted by atomic mass is 32.2. The second-order valence-electron chi connectivity index (χ2n) is 9.77. The lowest BCUT2D eigenvalue weighted by molar-refractivity contribution is -0.139. The Balaban J connectivity index is 1.60. The molecule has 212 valence electrons. The summed E-state index contributed by atoms with van der Waals surface area (Å²) in [5, 5.41) is 12.4. The number of hydrogen-bond donors (Lipinski definition) is 2. The number of fused-ring (bicyclic) bond motifs is 1. The summed E-state index contributed by atoms with van der Waals surface area (Å²) in [6.45, 7) is 5.98. The molecule has 4 rings (SSSR count). The van der Waals surface area contributed by atoms with E-state index >= 15 is 0 Å². The van der Waals surface area contributed by atoms with E-state index in [4.69, 9.17) is 14.2 Å². The molecule has 1 aliphatic rings. The minimum atomic E-state index is -1.04. The third-order valence-corrected chi connectivity index (χ3v) is 7.63. The quantitative estimate of drug-likeness (QED) is 0.255. The van der Waals surface area contributed by atoms with E-state index in [1.807, 2.05) is 68.6 Å². The van der Waals surface area contributed by atoms with Gasteiger partial charge >= 0.3 is 5.97 Å². The molecule has 0 fully saturated rings. The Morgan fingerprint density at radius 3 is 2.67 bits per heavy atom. The van der Waals surface area contributed by atoms with E-state index in [0.717, 1.165) is 40.0 Å². The van der Waals surface area contributed by atoms with Gasteiger partial charge in [0.15, 0.2) is 0 Å². The van der Waals surface area contributed by atoms with Gasteiger partial charge in [0.1, 0.15) is 17.9 Å². The molecule has 0 aromatic heterocycles. The summed E-state index contributed by atoms with van der Waals surface area (Å²) in [6, 6.07) is 18.6. The van der Waals surface area contributed by atoms with E-state index in [2.05, 4.69) is 11.4 Å². The van der Waals surface area contributed by atoms with Crippen LogP contribution >= 0.6 is 11.8 Å². The van der Waals surface area contributed by atoms with Crippen LogP contribution in [0.15, 0.2) is 60.7 Å². The number of aliphatic carboxylic acids is 1. The maximum Gasteiger partial charge on any atom is 0.326 e. The zero-order valence-electron chi connectivity index (χ0n) is 23.3. The van der Waals surface area contributed by atoms with E-state index in [0.29, 0.717) is 44.2 Å². The van der Waals surface area contributed by atoms with E-state index in [-0.39, 0.29) is 6.10 Å². The average Bonchev–Trinajstić information content (AvgIpc) is 3.43. The van der Waals surface area contributed by atoms with Gasteiger partial charge in [-0.15, -0.1) is 0 Å². The summed E-state index contributed by atoms with van der Waals surface area (Å²) < 4.78 is 17.8. The van der Waals surface area contributed by atoms with Crippen LogP contribution in [0.4, 0.5) is 0 Å². The highest BCUT2D eigenvalue weighted by Gasteiger charge is 2.23. The lowest BCUT2D eigenvalue weighted by atomic mass is 9.93. The number of aryl methyl sites for hydroxylation is 1. The van der Waals surface area contributed by atoms with Crippen LogP contribution in [0.3, 0.4) is 0 Å². The van der Waals surface area contributed by atoms with Crippen molar-refractivity contribution >= 4 is 23.6 Å². The van der Waals surface area contributed by atoms with Crippen LogP contribution in [-0.4, -0.2) is 54.9 Å². The van der Waals surface area contributed by atoms with Gasteiger partial charge in [-0.2, -0.15) is 11.8 Å². The first-order chi connectivity index (χ1) is 19.4. The van der Waals surface area contributed by atoms with Crippen molar-refractivity contribution < 1.29 is 28.9 Å². The Morgan fingerprint density at radius 1 is 1.10 bits per heavy atom. The molecule has 2 unspecified atom stereocenters. The van der Waals surface area contributed by atoms with Crippen molar-refractivity contribution in [2.24, 2.45) is 0 Å². The molecule has 0 saturated carbocycles. The molecule has 0 bridgehead atoms. The molecule has 0 radical (unpaired) electrons. The Hall–Kier alpha value is -3.33. The Bertz CT molecular complexity index is 1330. The predicted octanol–water partition coefficient (Wildman–Crippen LogP) is 5.83. The Kier molecular flexibility index (Phi) is 10.6. The largest absolute Gasteiger partial charge is 0.493 e. The molecule has 8 heteroatoms. The minimum absolute atomic E-state index is 0.261. The van der Waals surface area contributed by atoms with Crippen molar-refractivity contribution in [2.45, 2.75) is 45.4 Å². The molecular weight excluding hydrogens is 526 g/mol. The number of rotatable bonds is 14. The smallest absolute Gasteiger partial charge is 0.326 e. The van der Waals surface area contributed by atoms with E-state index in [9.17, 15) is 14.7 Å². The fourth-order valence-electron chi connectivity index (χ4n) is 4.78. The molecular formula is C32H37NO6S. The van der Waals surface area contributed by atoms with E-state index < -0.39 is 17.9 Å². The molecule has 3 aromatic carbocycles. The number of amides is 1. The normalized spacial score (nSPS) is 13.8. The van der Waals surface area contributed by atoms with Gasteiger partial charge in [0.2, 0.25) is 0 Å². The molecule has 1 amide bonds. The molecule has 7 nitrogen and oxygen atoms in total. The maximum absolute atomic E-state index is 13.4. The van der Waals surface area contributed by atoms with E-state index in [1.54, 1.807) is 17.8 Å². The number of thioether (sulfide) groups is 1. The summed E-state index contributed by atoms with van der Waals surface area (Å²) in [5.74, 6) is 0.115. The first-order valence-corrected chi connectivity index (χ1v) is 15.0. The number of carbonyl (C=O) groups is 2. The van der Waals surface area contributed by atoms with Gasteiger partial charge < -0.3 is 24.6 Å². The molecule has 0 saturated heterocycles. The van der Waals surface area contributed by atoms with Crippen LogP contribution in [0.5, 0.6) is 5.75 Å². The highest BCUT2D eigenvalue weighted by molar-refractivity contribution is 7.98. The minimum Gasteiger partial charge on any atom is -0.493 e. The van der Waals surface area contributed by atoms with Crippen molar-refractivity contribution in [1.82, 2.24) is 5.32 Å². The number of ether oxygens (including phenoxy) is 3. The number of carboxylic acid groups (broad SMARTS) is 1. The second-order valence-corrected chi connectivity index (χ2v) is 10.8. The molecule has 3 aromatic rings. The van der Waals surface area contributed by atoms with Crippen LogP contribution < -0.4 is 10.1 Å². The summed E-state index contributed by atoms with van der Waals surface area (Å²) in [5.41, 5.74) is 6.21. The molecule has 0 aliphatic carbocycles. The Morgan fingerprint density at radius 2 is 1.93 bits per heavy atom. The van der Waals surface area contributed by atoms with Crippen molar-refractivity contribution in [3.05, 3.63) is 88.5 Å². The molecule has 40 heavy (non-hydrogen) atoms. The third-order valence-electron chi connectivity index (χ3n) is 6.99. The van der Waals surface area contributed by atoms with Gasteiger partial charge in [-0.1, -0.05) is 36.4 Å². The van der Waals surface area contributed by atoms with Gasteiger partial charge in [0.25, 0.3) is 5.91 Å². The van der Waals surface area contributed by atoms with E-state index in [1.165, 1.54) is 5.56 Å². The van der Waals surface area contributed by atoms with Crippen molar-refractivity contribution in [3.8, 4) is 16.9 Å². The van der Waals surface area contributed by atoms with Gasteiger partial charge in [0, 0.05) is 18.6 Å². The van der Waals surface area contributed by atoms with Gasteiger partial charge in [-0.05, 0) is 89.9 Å². The number of carbonyl (C=O) groups excluding carboxylic acids is 1. The fraction of sp³-hybridized carbons (Fsp3) is 0.375. The zero-order valence-corrected chi connectivity index (χ0v) is 24.1. The molecule has 0 spiro atoms. The lowest BCUT2D eigenvalue weighted by Crippen LogP contribution is -2.41. The van der Waals surface area contributed by atoms with Crippen LogP contribution in [0.2, 0.25) is 0 Å². The van der Waals surface area contributed by atoms with Crippen LogP contribution in [-0.2, 0) is 27.3 Å². The monoisotopic (exact) mass is 563 g/mol. The predicted molar refractivity (Wildman–Crippen MR) is 158 cm³/mol.